The standard InChI is InChI=1S/C13H17NO/c1-4-5-6-8-14-9-7-12(10-14)13(15)11(2)3/h1,7,9-11H,5-6,8H2,2-3H3. The molecule has 0 atom stereocenters. The molecule has 0 unspecified atom stereocenters. The number of nitrogens with zero attached hydrogens (tertiary/aromatic N) is 1. The van der Waals surface area contributed by atoms with Gasteiger partial charge in [-0.15, -0.1) is 12.3 Å². The van der Waals surface area contributed by atoms with Crippen molar-refractivity contribution in [2.75, 3.05) is 0 Å². The minimum Gasteiger partial charge on any atom is -0.353 e. The van der Waals surface area contributed by atoms with Gasteiger partial charge in [-0.2, -0.15) is 0 Å². The Morgan fingerprint density at radius 2 is 2.33 bits per heavy atom. The van der Waals surface area contributed by atoms with Gasteiger partial charge in [0.05, 0.1) is 0 Å². The highest BCUT2D eigenvalue weighted by Crippen LogP contribution is 2.09. The van der Waals surface area contributed by atoms with Gasteiger partial charge in [-0.25, -0.2) is 0 Å². The van der Waals surface area contributed by atoms with Gasteiger partial charge in [0.15, 0.2) is 5.78 Å². The maximum Gasteiger partial charge on any atom is 0.166 e. The quantitative estimate of drug-likeness (QED) is 0.410. The fourth-order valence-corrected chi connectivity index (χ4v) is 1.42. The minimum atomic E-state index is 0.0616. The Labute approximate surface area is 91.3 Å². The number of rotatable bonds is 5. The zero-order valence-electron chi connectivity index (χ0n) is 9.36. The zero-order valence-corrected chi connectivity index (χ0v) is 9.36. The molecule has 1 rings (SSSR count). The molecule has 0 saturated carbocycles. The van der Waals surface area contributed by atoms with Crippen molar-refractivity contribution in [3.8, 4) is 12.3 Å². The number of carbonyl (C=O) groups is 1. The van der Waals surface area contributed by atoms with Crippen molar-refractivity contribution in [1.29, 1.82) is 0 Å². The highest BCUT2D eigenvalue weighted by Gasteiger charge is 2.10. The molecular weight excluding hydrogens is 186 g/mol. The highest BCUT2D eigenvalue weighted by atomic mass is 16.1. The number of aromatic nitrogens is 1. The summed E-state index contributed by atoms with van der Waals surface area (Å²) in [5.41, 5.74) is 0.797. The topological polar surface area (TPSA) is 22.0 Å². The van der Waals surface area contributed by atoms with Crippen LogP contribution in [0.3, 0.4) is 0 Å². The largest absolute Gasteiger partial charge is 0.353 e. The third kappa shape index (κ3) is 3.28. The zero-order chi connectivity index (χ0) is 11.3. The van der Waals surface area contributed by atoms with Crippen molar-refractivity contribution in [3.05, 3.63) is 24.0 Å². The Morgan fingerprint density at radius 3 is 2.93 bits per heavy atom. The number of terminal acetylenes is 1. The van der Waals surface area contributed by atoms with E-state index < -0.39 is 0 Å². The van der Waals surface area contributed by atoms with Gasteiger partial charge >= 0.3 is 0 Å². The summed E-state index contributed by atoms with van der Waals surface area (Å²) in [6.45, 7) is 4.71. The normalized spacial score (nSPS) is 10.3. The van der Waals surface area contributed by atoms with Crippen LogP contribution in [0.25, 0.3) is 0 Å². The van der Waals surface area contributed by atoms with Gasteiger partial charge < -0.3 is 4.57 Å². The molecule has 0 radical (unpaired) electrons. The number of ketones is 1. The number of hydrogen-bond acceptors (Lipinski definition) is 1. The predicted octanol–water partition coefficient (Wildman–Crippen LogP) is 2.74. The number of aryl methyl sites for hydroxylation is 1. The van der Waals surface area contributed by atoms with E-state index in [4.69, 9.17) is 6.42 Å². The summed E-state index contributed by atoms with van der Waals surface area (Å²) in [5, 5.41) is 0. The molecule has 1 aromatic rings. The summed E-state index contributed by atoms with van der Waals surface area (Å²) in [4.78, 5) is 11.6. The Balaban J connectivity index is 2.57. The van der Waals surface area contributed by atoms with Crippen LogP contribution < -0.4 is 0 Å². The summed E-state index contributed by atoms with van der Waals surface area (Å²) in [6.07, 6.45) is 10.8. The highest BCUT2D eigenvalue weighted by molar-refractivity contribution is 5.97. The fourth-order valence-electron chi connectivity index (χ4n) is 1.42. The van der Waals surface area contributed by atoms with Crippen molar-refractivity contribution in [2.24, 2.45) is 5.92 Å². The number of hydrogen-bond donors (Lipinski definition) is 0. The van der Waals surface area contributed by atoms with Crippen molar-refractivity contribution in [1.82, 2.24) is 4.57 Å². The smallest absolute Gasteiger partial charge is 0.166 e. The van der Waals surface area contributed by atoms with Crippen LogP contribution in [0.1, 0.15) is 37.0 Å². The second kappa shape index (κ2) is 5.41. The third-order valence-corrected chi connectivity index (χ3v) is 2.30. The number of carbonyl (C=O) groups excluding carboxylic acids is 1. The molecule has 1 heterocycles. The molecule has 0 fully saturated rings. The SMILES string of the molecule is C#CCCCn1ccc(C(=O)C(C)C)c1. The minimum absolute atomic E-state index is 0.0616. The van der Waals surface area contributed by atoms with E-state index in [-0.39, 0.29) is 11.7 Å². The molecule has 0 aliphatic carbocycles. The maximum atomic E-state index is 11.6. The van der Waals surface area contributed by atoms with Crippen LogP contribution in [-0.4, -0.2) is 10.4 Å². The lowest BCUT2D eigenvalue weighted by Crippen LogP contribution is -2.06. The monoisotopic (exact) mass is 203 g/mol. The summed E-state index contributed by atoms with van der Waals surface area (Å²) in [6, 6.07) is 1.87. The summed E-state index contributed by atoms with van der Waals surface area (Å²) >= 11 is 0. The first kappa shape index (κ1) is 11.6. The molecule has 1 aromatic heterocycles. The van der Waals surface area contributed by atoms with Crippen LogP contribution in [0.5, 0.6) is 0 Å². The van der Waals surface area contributed by atoms with Gasteiger partial charge in [0.1, 0.15) is 0 Å². The Morgan fingerprint density at radius 1 is 1.60 bits per heavy atom. The van der Waals surface area contributed by atoms with Crippen LogP contribution in [0, 0.1) is 18.3 Å². The molecule has 80 valence electrons. The average Bonchev–Trinajstić information content (AvgIpc) is 2.65. The van der Waals surface area contributed by atoms with Crippen molar-refractivity contribution in [2.45, 2.75) is 33.2 Å². The van der Waals surface area contributed by atoms with E-state index in [0.29, 0.717) is 0 Å². The van der Waals surface area contributed by atoms with E-state index in [1.54, 1.807) is 0 Å². The molecule has 15 heavy (non-hydrogen) atoms. The molecule has 0 bridgehead atoms. The number of unbranched alkanes of at least 4 members (excludes halogenated alkanes) is 1. The van der Waals surface area contributed by atoms with Crippen LogP contribution in [-0.2, 0) is 6.54 Å². The van der Waals surface area contributed by atoms with Crippen LogP contribution in [0.2, 0.25) is 0 Å². The molecule has 0 N–H and O–H groups in total. The lowest BCUT2D eigenvalue weighted by Gasteiger charge is -2.01. The molecule has 0 amide bonds. The van der Waals surface area contributed by atoms with Crippen molar-refractivity contribution < 1.29 is 4.79 Å². The van der Waals surface area contributed by atoms with Crippen LogP contribution in [0.4, 0.5) is 0 Å². The Kier molecular flexibility index (Phi) is 4.17. The number of Topliss-reactive ketones (excluding diaryl/α,β-unsaturated/α-hetero) is 1. The maximum absolute atomic E-state index is 11.6. The Hall–Kier alpha value is -1.49. The van der Waals surface area contributed by atoms with Crippen LogP contribution in [0.15, 0.2) is 18.5 Å². The van der Waals surface area contributed by atoms with Gasteiger partial charge in [-0.1, -0.05) is 13.8 Å². The first-order valence-electron chi connectivity index (χ1n) is 5.28. The van der Waals surface area contributed by atoms with Crippen molar-refractivity contribution in [3.63, 3.8) is 0 Å². The van der Waals surface area contributed by atoms with E-state index >= 15 is 0 Å². The molecule has 0 aliphatic rings. The molecule has 0 saturated heterocycles. The molecule has 2 heteroatoms. The lowest BCUT2D eigenvalue weighted by molar-refractivity contribution is 0.0939. The van der Waals surface area contributed by atoms with Gasteiger partial charge in [0.2, 0.25) is 0 Å². The van der Waals surface area contributed by atoms with Gasteiger partial charge in [-0.05, 0) is 12.5 Å². The van der Waals surface area contributed by atoms with Crippen molar-refractivity contribution >= 4 is 5.78 Å². The van der Waals surface area contributed by atoms with E-state index in [1.807, 2.05) is 36.9 Å². The van der Waals surface area contributed by atoms with E-state index in [1.165, 1.54) is 0 Å². The third-order valence-electron chi connectivity index (χ3n) is 2.30. The molecule has 0 aliphatic heterocycles. The summed E-state index contributed by atoms with van der Waals surface area (Å²) < 4.78 is 2.02. The molecule has 0 spiro atoms. The van der Waals surface area contributed by atoms with E-state index in [2.05, 4.69) is 5.92 Å². The van der Waals surface area contributed by atoms with Gasteiger partial charge in [0.25, 0.3) is 0 Å². The first-order chi connectivity index (χ1) is 7.15. The first-order valence-corrected chi connectivity index (χ1v) is 5.28. The molecule has 2 nitrogen and oxygen atoms in total. The average molecular weight is 203 g/mol. The van der Waals surface area contributed by atoms with E-state index in [0.717, 1.165) is 24.9 Å². The summed E-state index contributed by atoms with van der Waals surface area (Å²) in [5.74, 6) is 2.87. The van der Waals surface area contributed by atoms with Crippen LogP contribution >= 0.6 is 0 Å². The van der Waals surface area contributed by atoms with E-state index in [9.17, 15) is 4.79 Å². The molecule has 0 aromatic carbocycles. The van der Waals surface area contributed by atoms with Gasteiger partial charge in [0, 0.05) is 36.8 Å². The van der Waals surface area contributed by atoms with Gasteiger partial charge in [-0.3, -0.25) is 4.79 Å². The Bertz CT molecular complexity index is 368. The summed E-state index contributed by atoms with van der Waals surface area (Å²) in [7, 11) is 0. The second-order valence-electron chi connectivity index (χ2n) is 3.96. The second-order valence-corrected chi connectivity index (χ2v) is 3.96. The fraction of sp³-hybridized carbons (Fsp3) is 0.462. The molecular formula is C13H17NO. The predicted molar refractivity (Wildman–Crippen MR) is 61.7 cm³/mol. The lowest BCUT2D eigenvalue weighted by atomic mass is 10.0.